The molecule has 8 heteroatoms. The molecular formula is C31H32FN7. The fourth-order valence-corrected chi connectivity index (χ4v) is 5.49. The minimum Gasteiger partial charge on any atom is -0.338 e. The molecule has 1 fully saturated rings. The van der Waals surface area contributed by atoms with Gasteiger partial charge in [0.05, 0.1) is 17.2 Å². The third kappa shape index (κ3) is 5.20. The second-order valence-corrected chi connectivity index (χ2v) is 10.1. The molecule has 0 saturated carbocycles. The lowest BCUT2D eigenvalue weighted by Gasteiger charge is -2.14. The zero-order valence-electron chi connectivity index (χ0n) is 22.1. The molecule has 0 atom stereocenters. The monoisotopic (exact) mass is 521 g/mol. The van der Waals surface area contributed by atoms with Crippen molar-refractivity contribution in [3.63, 3.8) is 0 Å². The second kappa shape index (κ2) is 10.8. The van der Waals surface area contributed by atoms with Crippen molar-refractivity contribution in [3.05, 3.63) is 83.0 Å². The van der Waals surface area contributed by atoms with E-state index in [4.69, 9.17) is 0 Å². The first-order chi connectivity index (χ1) is 19.1. The van der Waals surface area contributed by atoms with Crippen molar-refractivity contribution in [2.75, 3.05) is 19.6 Å². The Morgan fingerprint density at radius 3 is 2.85 bits per heavy atom. The van der Waals surface area contributed by atoms with E-state index < -0.39 is 0 Å². The largest absolute Gasteiger partial charge is 0.338 e. The van der Waals surface area contributed by atoms with Gasteiger partial charge >= 0.3 is 0 Å². The third-order valence-corrected chi connectivity index (χ3v) is 7.50. The fraction of sp³-hybridized carbons (Fsp3) is 0.258. The summed E-state index contributed by atoms with van der Waals surface area (Å²) in [6, 6.07) is 9.38. The molecule has 0 aliphatic carbocycles. The van der Waals surface area contributed by atoms with Gasteiger partial charge in [-0.15, -0.1) is 0 Å². The van der Waals surface area contributed by atoms with Crippen LogP contribution in [0.2, 0.25) is 0 Å². The number of nitrogens with zero attached hydrogens (tertiary/aromatic N) is 4. The molecule has 5 aromatic rings. The van der Waals surface area contributed by atoms with Crippen molar-refractivity contribution in [1.29, 1.82) is 0 Å². The van der Waals surface area contributed by atoms with Gasteiger partial charge in [-0.25, -0.2) is 9.37 Å². The number of likely N-dealkylation sites (tertiary alicyclic amines) is 1. The quantitative estimate of drug-likeness (QED) is 0.274. The highest BCUT2D eigenvalue weighted by Gasteiger charge is 2.15. The SMILES string of the molecule is C=C(/C=c1/c(-c2cc3c(-c4cc(F)cc(CCCN5CCCC5)c4)ccnc3[nH]2)n[nH]/c1=C/C)c1cn[nH]c1. The van der Waals surface area contributed by atoms with Crippen LogP contribution in [0, 0.1) is 5.82 Å². The maximum absolute atomic E-state index is 14.8. The van der Waals surface area contributed by atoms with Gasteiger partial charge in [-0.3, -0.25) is 10.2 Å². The van der Waals surface area contributed by atoms with Crippen molar-refractivity contribution in [1.82, 2.24) is 35.3 Å². The van der Waals surface area contributed by atoms with Gasteiger partial charge in [-0.1, -0.05) is 18.7 Å². The van der Waals surface area contributed by atoms with Crippen LogP contribution in [0.15, 0.2) is 55.5 Å². The van der Waals surface area contributed by atoms with Gasteiger partial charge in [0.1, 0.15) is 17.2 Å². The van der Waals surface area contributed by atoms with Gasteiger partial charge in [0, 0.05) is 28.6 Å². The number of nitrogens with one attached hydrogen (secondary N) is 3. The van der Waals surface area contributed by atoms with Crippen molar-refractivity contribution < 1.29 is 4.39 Å². The van der Waals surface area contributed by atoms with Crippen LogP contribution in [0.3, 0.4) is 0 Å². The molecule has 1 aromatic carbocycles. The summed E-state index contributed by atoms with van der Waals surface area (Å²) >= 11 is 0. The van der Waals surface area contributed by atoms with E-state index in [9.17, 15) is 4.39 Å². The number of fused-ring (bicyclic) bond motifs is 1. The molecule has 0 radical (unpaired) electrons. The number of hydrogen-bond donors (Lipinski definition) is 3. The summed E-state index contributed by atoms with van der Waals surface area (Å²) in [7, 11) is 0. The average molecular weight is 522 g/mol. The molecular weight excluding hydrogens is 489 g/mol. The molecule has 4 aromatic heterocycles. The van der Waals surface area contributed by atoms with Crippen LogP contribution in [-0.2, 0) is 6.42 Å². The normalized spacial score (nSPS) is 15.1. The summed E-state index contributed by atoms with van der Waals surface area (Å²) in [6.45, 7) is 9.61. The van der Waals surface area contributed by atoms with Crippen LogP contribution in [0.4, 0.5) is 4.39 Å². The van der Waals surface area contributed by atoms with Gasteiger partial charge in [-0.05, 0) is 105 Å². The maximum Gasteiger partial charge on any atom is 0.138 e. The molecule has 5 heterocycles. The molecule has 0 bridgehead atoms. The maximum atomic E-state index is 14.8. The number of allylic oxidation sites excluding steroid dienone is 1. The van der Waals surface area contributed by atoms with E-state index in [0.29, 0.717) is 0 Å². The highest BCUT2D eigenvalue weighted by molar-refractivity contribution is 5.96. The predicted octanol–water partition coefficient (Wildman–Crippen LogP) is 4.80. The Hall–Kier alpha value is -4.30. The lowest BCUT2D eigenvalue weighted by atomic mass is 9.99. The Bertz CT molecular complexity index is 1740. The molecule has 1 saturated heterocycles. The number of aromatic nitrogens is 6. The Morgan fingerprint density at radius 1 is 1.18 bits per heavy atom. The number of hydrogen-bond acceptors (Lipinski definition) is 4. The van der Waals surface area contributed by atoms with Crippen LogP contribution in [-0.4, -0.2) is 54.9 Å². The fourth-order valence-electron chi connectivity index (χ4n) is 5.49. The molecule has 7 nitrogen and oxygen atoms in total. The standard InChI is InChI=1S/C31H32FN7/c1-3-28-27(13-20(2)23-18-34-35-19-23)30(38-37-28)29-17-26-25(8-9-33-31(26)36-29)22-14-21(15-24(32)16-22)7-6-12-39-10-4-5-11-39/h3,8-9,13-19,37H,2,4-7,10-12H2,1H3,(H,33,36)(H,34,35)/b27-13+,28-3+. The second-order valence-electron chi connectivity index (χ2n) is 10.1. The van der Waals surface area contributed by atoms with Crippen LogP contribution in [0.25, 0.3) is 51.3 Å². The van der Waals surface area contributed by atoms with Crippen LogP contribution < -0.4 is 10.6 Å². The van der Waals surface area contributed by atoms with E-state index in [1.165, 1.54) is 25.9 Å². The van der Waals surface area contributed by atoms with E-state index in [2.05, 4.69) is 47.9 Å². The topological polar surface area (TPSA) is 89.3 Å². The van der Waals surface area contributed by atoms with E-state index in [-0.39, 0.29) is 5.82 Å². The van der Waals surface area contributed by atoms with E-state index in [0.717, 1.165) is 80.2 Å². The summed E-state index contributed by atoms with van der Waals surface area (Å²) in [5, 5.41) is 17.3. The summed E-state index contributed by atoms with van der Waals surface area (Å²) in [4.78, 5) is 10.5. The zero-order valence-corrected chi connectivity index (χ0v) is 22.1. The number of pyridine rings is 1. The third-order valence-electron chi connectivity index (χ3n) is 7.50. The first kappa shape index (κ1) is 25.0. The molecule has 0 unspecified atom stereocenters. The molecule has 198 valence electrons. The van der Waals surface area contributed by atoms with Crippen LogP contribution in [0.5, 0.6) is 0 Å². The zero-order chi connectivity index (χ0) is 26.8. The highest BCUT2D eigenvalue weighted by atomic mass is 19.1. The number of H-pyrrole nitrogens is 3. The summed E-state index contributed by atoms with van der Waals surface area (Å²) in [6.07, 6.45) is 13.8. The lowest BCUT2D eigenvalue weighted by molar-refractivity contribution is 0.334. The average Bonchev–Trinajstić information content (AvgIpc) is 3.74. The summed E-state index contributed by atoms with van der Waals surface area (Å²) in [5.74, 6) is -0.213. The molecule has 3 N–H and O–H groups in total. The molecule has 39 heavy (non-hydrogen) atoms. The Balaban J connectivity index is 1.35. The van der Waals surface area contributed by atoms with E-state index in [1.54, 1.807) is 24.5 Å². The van der Waals surface area contributed by atoms with Gasteiger partial charge in [-0.2, -0.15) is 10.2 Å². The minimum atomic E-state index is -0.213. The van der Waals surface area contributed by atoms with Crippen LogP contribution in [0.1, 0.15) is 37.3 Å². The Labute approximate surface area is 226 Å². The minimum absolute atomic E-state index is 0.213. The highest BCUT2D eigenvalue weighted by Crippen LogP contribution is 2.31. The lowest BCUT2D eigenvalue weighted by Crippen LogP contribution is -2.23. The van der Waals surface area contributed by atoms with E-state index in [1.807, 2.05) is 37.4 Å². The molecule has 6 rings (SSSR count). The number of aryl methyl sites for hydroxylation is 1. The number of benzene rings is 1. The summed E-state index contributed by atoms with van der Waals surface area (Å²) < 4.78 is 14.8. The van der Waals surface area contributed by atoms with Crippen molar-refractivity contribution >= 4 is 28.8 Å². The van der Waals surface area contributed by atoms with Gasteiger partial charge < -0.3 is 9.88 Å². The predicted molar refractivity (Wildman–Crippen MR) is 155 cm³/mol. The molecule has 1 aliphatic rings. The molecule has 0 spiro atoms. The Morgan fingerprint density at radius 2 is 2.05 bits per heavy atom. The van der Waals surface area contributed by atoms with Crippen LogP contribution >= 0.6 is 0 Å². The van der Waals surface area contributed by atoms with Gasteiger partial charge in [0.25, 0.3) is 0 Å². The summed E-state index contributed by atoms with van der Waals surface area (Å²) in [5.41, 5.74) is 6.86. The van der Waals surface area contributed by atoms with Crippen molar-refractivity contribution in [3.8, 4) is 22.5 Å². The smallest absolute Gasteiger partial charge is 0.138 e. The number of aromatic amines is 3. The number of halogens is 1. The van der Waals surface area contributed by atoms with Gasteiger partial charge in [0.15, 0.2) is 0 Å². The van der Waals surface area contributed by atoms with Gasteiger partial charge in [0.2, 0.25) is 0 Å². The molecule has 1 aliphatic heterocycles. The first-order valence-corrected chi connectivity index (χ1v) is 13.5. The van der Waals surface area contributed by atoms with Crippen molar-refractivity contribution in [2.24, 2.45) is 0 Å². The van der Waals surface area contributed by atoms with Crippen molar-refractivity contribution in [2.45, 2.75) is 32.6 Å². The Kier molecular flexibility index (Phi) is 6.94. The molecule has 0 amide bonds. The van der Waals surface area contributed by atoms with E-state index >= 15 is 0 Å². The number of rotatable bonds is 8. The first-order valence-electron chi connectivity index (χ1n) is 13.5.